The van der Waals surface area contributed by atoms with Gasteiger partial charge in [0, 0.05) is 18.5 Å². The Bertz CT molecular complexity index is 472. The molecule has 2 rings (SSSR count). The number of hydrogen-bond acceptors (Lipinski definition) is 1. The highest BCUT2D eigenvalue weighted by Gasteiger charge is 2.26. The lowest BCUT2D eigenvalue weighted by atomic mass is 10.1. The van der Waals surface area contributed by atoms with Crippen molar-refractivity contribution in [3.05, 3.63) is 33.8 Å². The third-order valence-electron chi connectivity index (χ3n) is 3.75. The lowest BCUT2D eigenvalue weighted by Gasteiger charge is -2.28. The van der Waals surface area contributed by atoms with Gasteiger partial charge in [-0.3, -0.25) is 4.79 Å². The van der Waals surface area contributed by atoms with Gasteiger partial charge in [0.1, 0.15) is 0 Å². The van der Waals surface area contributed by atoms with Crippen LogP contribution in [0.4, 0.5) is 0 Å². The fourth-order valence-electron chi connectivity index (χ4n) is 2.74. The largest absolute Gasteiger partial charge is 0.338 e. The fourth-order valence-corrected chi connectivity index (χ4v) is 3.25. The van der Waals surface area contributed by atoms with Gasteiger partial charge < -0.3 is 4.90 Å². The number of carbonyl (C=O) groups excluding carboxylic acids is 1. The van der Waals surface area contributed by atoms with E-state index in [1.807, 2.05) is 11.0 Å². The molecule has 0 N–H and O–H groups in total. The summed E-state index contributed by atoms with van der Waals surface area (Å²) in [4.78, 5) is 14.4. The molecule has 5 heteroatoms. The van der Waals surface area contributed by atoms with Crippen LogP contribution in [0.2, 0.25) is 10.0 Å². The summed E-state index contributed by atoms with van der Waals surface area (Å²) >= 11 is 17.7. The third kappa shape index (κ3) is 4.03. The number of amides is 1. The Morgan fingerprint density at radius 2 is 1.90 bits per heavy atom. The van der Waals surface area contributed by atoms with Gasteiger partial charge in [-0.25, -0.2) is 0 Å². The molecule has 1 aromatic carbocycles. The van der Waals surface area contributed by atoms with Gasteiger partial charge in [0.25, 0.3) is 0 Å². The number of benzene rings is 1. The Labute approximate surface area is 135 Å². The first-order valence-corrected chi connectivity index (χ1v) is 8.20. The summed E-state index contributed by atoms with van der Waals surface area (Å²) in [6.45, 7) is 0.617. The van der Waals surface area contributed by atoms with E-state index in [9.17, 15) is 4.79 Å². The summed E-state index contributed by atoms with van der Waals surface area (Å²) in [5.74, 6) is 0.597. The van der Waals surface area contributed by atoms with E-state index in [0.717, 1.165) is 18.4 Å². The van der Waals surface area contributed by atoms with Crippen LogP contribution in [-0.2, 0) is 11.2 Å². The average molecular weight is 335 g/mol. The van der Waals surface area contributed by atoms with Gasteiger partial charge in [0.2, 0.25) is 5.91 Å². The predicted octanol–water partition coefficient (Wildman–Crippen LogP) is 4.55. The first kappa shape index (κ1) is 15.9. The summed E-state index contributed by atoms with van der Waals surface area (Å²) < 4.78 is 0. The quantitative estimate of drug-likeness (QED) is 0.724. The van der Waals surface area contributed by atoms with Crippen LogP contribution < -0.4 is 0 Å². The van der Waals surface area contributed by atoms with Gasteiger partial charge in [0.15, 0.2) is 0 Å². The topological polar surface area (TPSA) is 20.3 Å². The molecule has 0 aliphatic heterocycles. The zero-order valence-electron chi connectivity index (χ0n) is 11.2. The van der Waals surface area contributed by atoms with E-state index in [1.165, 1.54) is 12.8 Å². The summed E-state index contributed by atoms with van der Waals surface area (Å²) in [5, 5.41) is 0.998. The van der Waals surface area contributed by atoms with Crippen LogP contribution >= 0.6 is 34.8 Å². The van der Waals surface area contributed by atoms with E-state index >= 15 is 0 Å². The second-order valence-electron chi connectivity index (χ2n) is 5.14. The van der Waals surface area contributed by atoms with E-state index in [0.29, 0.717) is 34.9 Å². The van der Waals surface area contributed by atoms with Crippen LogP contribution in [0.5, 0.6) is 0 Å². The molecule has 1 aliphatic rings. The highest BCUT2D eigenvalue weighted by Crippen LogP contribution is 2.26. The minimum absolute atomic E-state index is 0.121. The van der Waals surface area contributed by atoms with Crippen molar-refractivity contribution < 1.29 is 4.79 Å². The molecule has 0 aromatic heterocycles. The minimum atomic E-state index is 0.121. The monoisotopic (exact) mass is 333 g/mol. The molecule has 110 valence electrons. The maximum absolute atomic E-state index is 12.5. The van der Waals surface area contributed by atoms with Crippen LogP contribution in [0.25, 0.3) is 0 Å². The Morgan fingerprint density at radius 3 is 2.50 bits per heavy atom. The predicted molar refractivity (Wildman–Crippen MR) is 84.9 cm³/mol. The van der Waals surface area contributed by atoms with Crippen molar-refractivity contribution in [1.29, 1.82) is 0 Å². The molecule has 1 amide bonds. The molecule has 2 nitrogen and oxygen atoms in total. The number of alkyl halides is 1. The van der Waals surface area contributed by atoms with E-state index in [4.69, 9.17) is 34.8 Å². The Morgan fingerprint density at radius 1 is 1.20 bits per heavy atom. The van der Waals surface area contributed by atoms with Crippen LogP contribution in [0.1, 0.15) is 31.2 Å². The van der Waals surface area contributed by atoms with Gasteiger partial charge in [-0.1, -0.05) is 42.1 Å². The Kier molecular flexibility index (Phi) is 6.01. The molecule has 0 unspecified atom stereocenters. The minimum Gasteiger partial charge on any atom is -0.338 e. The van der Waals surface area contributed by atoms with Gasteiger partial charge >= 0.3 is 0 Å². The average Bonchev–Trinajstić information content (AvgIpc) is 2.94. The standard InChI is InChI=1S/C15H18Cl3NO/c16-7-8-19(12-3-1-2-4-12)15(20)10-11-5-6-13(17)14(18)9-11/h5-6,9,12H,1-4,7-8,10H2. The molecular weight excluding hydrogens is 317 g/mol. The van der Waals surface area contributed by atoms with Gasteiger partial charge in [-0.2, -0.15) is 0 Å². The van der Waals surface area contributed by atoms with Crippen molar-refractivity contribution in [1.82, 2.24) is 4.90 Å². The number of hydrogen-bond donors (Lipinski definition) is 0. The Balaban J connectivity index is 2.05. The third-order valence-corrected chi connectivity index (χ3v) is 4.66. The molecule has 0 bridgehead atoms. The first-order valence-electron chi connectivity index (χ1n) is 6.91. The van der Waals surface area contributed by atoms with E-state index in [2.05, 4.69) is 0 Å². The molecule has 0 atom stereocenters. The smallest absolute Gasteiger partial charge is 0.227 e. The lowest BCUT2D eigenvalue weighted by Crippen LogP contribution is -2.41. The number of nitrogens with zero attached hydrogens (tertiary/aromatic N) is 1. The number of halogens is 3. The van der Waals surface area contributed by atoms with Gasteiger partial charge in [-0.15, -0.1) is 11.6 Å². The second kappa shape index (κ2) is 7.53. The molecule has 1 aliphatic carbocycles. The van der Waals surface area contributed by atoms with E-state index in [-0.39, 0.29) is 5.91 Å². The maximum Gasteiger partial charge on any atom is 0.227 e. The normalized spacial score (nSPS) is 15.6. The van der Waals surface area contributed by atoms with Crippen molar-refractivity contribution in [3.63, 3.8) is 0 Å². The van der Waals surface area contributed by atoms with Crippen LogP contribution in [0.3, 0.4) is 0 Å². The lowest BCUT2D eigenvalue weighted by molar-refractivity contribution is -0.132. The number of carbonyl (C=O) groups is 1. The molecule has 1 saturated carbocycles. The molecule has 0 saturated heterocycles. The number of rotatable bonds is 5. The molecular formula is C15H18Cl3NO. The summed E-state index contributed by atoms with van der Waals surface area (Å²) in [6, 6.07) is 5.69. The summed E-state index contributed by atoms with van der Waals surface area (Å²) in [7, 11) is 0. The molecule has 1 fully saturated rings. The molecule has 0 radical (unpaired) electrons. The highest BCUT2D eigenvalue weighted by molar-refractivity contribution is 6.42. The van der Waals surface area contributed by atoms with Gasteiger partial charge in [-0.05, 0) is 30.5 Å². The van der Waals surface area contributed by atoms with Crippen molar-refractivity contribution in [3.8, 4) is 0 Å². The van der Waals surface area contributed by atoms with Crippen LogP contribution in [0.15, 0.2) is 18.2 Å². The zero-order valence-corrected chi connectivity index (χ0v) is 13.5. The molecule has 0 heterocycles. The molecule has 1 aromatic rings. The van der Waals surface area contributed by atoms with Crippen molar-refractivity contribution in [2.45, 2.75) is 38.1 Å². The zero-order chi connectivity index (χ0) is 14.5. The first-order chi connectivity index (χ1) is 9.61. The van der Waals surface area contributed by atoms with E-state index in [1.54, 1.807) is 12.1 Å². The van der Waals surface area contributed by atoms with Crippen molar-refractivity contribution >= 4 is 40.7 Å². The second-order valence-corrected chi connectivity index (χ2v) is 6.33. The van der Waals surface area contributed by atoms with Crippen LogP contribution in [-0.4, -0.2) is 29.3 Å². The highest BCUT2D eigenvalue weighted by atomic mass is 35.5. The van der Waals surface area contributed by atoms with Crippen LogP contribution in [0, 0.1) is 0 Å². The summed E-state index contributed by atoms with van der Waals surface area (Å²) in [5.41, 5.74) is 0.891. The summed E-state index contributed by atoms with van der Waals surface area (Å²) in [6.07, 6.45) is 4.92. The molecule has 0 spiro atoms. The maximum atomic E-state index is 12.5. The van der Waals surface area contributed by atoms with Crippen molar-refractivity contribution in [2.24, 2.45) is 0 Å². The SMILES string of the molecule is O=C(Cc1ccc(Cl)c(Cl)c1)N(CCCl)C1CCCC1. The molecule has 20 heavy (non-hydrogen) atoms. The van der Waals surface area contributed by atoms with E-state index < -0.39 is 0 Å². The van der Waals surface area contributed by atoms with Gasteiger partial charge in [0.05, 0.1) is 16.5 Å². The Hall–Kier alpha value is -0.440. The van der Waals surface area contributed by atoms with Crippen molar-refractivity contribution in [2.75, 3.05) is 12.4 Å². The fraction of sp³-hybridized carbons (Fsp3) is 0.533.